The monoisotopic (exact) mass is 510 g/mol. The summed E-state index contributed by atoms with van der Waals surface area (Å²) in [5, 5.41) is 3.05. The van der Waals surface area contributed by atoms with Crippen LogP contribution in [0.3, 0.4) is 0 Å². The van der Waals surface area contributed by atoms with Crippen molar-refractivity contribution < 1.29 is 14.3 Å². The molecule has 1 unspecified atom stereocenters. The minimum absolute atomic E-state index is 0. The van der Waals surface area contributed by atoms with Crippen molar-refractivity contribution in [2.24, 2.45) is 10.7 Å². The molecule has 3 rings (SSSR count). The Balaban J connectivity index is 0.00000300. The number of halogens is 1. The van der Waals surface area contributed by atoms with Gasteiger partial charge in [-0.2, -0.15) is 0 Å². The Morgan fingerprint density at radius 1 is 1.17 bits per heavy atom. The maximum Gasteiger partial charge on any atom is 0.232 e. The first-order chi connectivity index (χ1) is 13.7. The minimum Gasteiger partial charge on any atom is -0.497 e. The third-order valence-electron chi connectivity index (χ3n) is 4.63. The van der Waals surface area contributed by atoms with Crippen LogP contribution in [0.15, 0.2) is 59.6 Å². The first kappa shape index (κ1) is 23.0. The molecular weight excluding hydrogens is 483 g/mol. The maximum atomic E-state index is 13.1. The zero-order chi connectivity index (χ0) is 19.8. The van der Waals surface area contributed by atoms with E-state index in [4.69, 9.17) is 15.2 Å². The fourth-order valence-electron chi connectivity index (χ4n) is 3.07. The van der Waals surface area contributed by atoms with Crippen LogP contribution in [0.1, 0.15) is 11.5 Å². The molecule has 2 aromatic rings. The molecule has 0 saturated carbocycles. The van der Waals surface area contributed by atoms with Crippen LogP contribution in [0.5, 0.6) is 5.75 Å². The summed E-state index contributed by atoms with van der Waals surface area (Å²) >= 11 is 0. The van der Waals surface area contributed by atoms with Gasteiger partial charge in [-0.05, 0) is 29.8 Å². The lowest BCUT2D eigenvalue weighted by Crippen LogP contribution is -2.43. The number of carbonyl (C=O) groups excluding carboxylic acids is 1. The van der Waals surface area contributed by atoms with Gasteiger partial charge in [0.1, 0.15) is 5.75 Å². The lowest BCUT2D eigenvalue weighted by Gasteiger charge is -2.30. The number of anilines is 1. The van der Waals surface area contributed by atoms with E-state index in [0.29, 0.717) is 26.3 Å². The highest BCUT2D eigenvalue weighted by atomic mass is 127. The van der Waals surface area contributed by atoms with E-state index in [0.717, 1.165) is 17.0 Å². The molecule has 1 amide bonds. The predicted molar refractivity (Wildman–Crippen MR) is 125 cm³/mol. The van der Waals surface area contributed by atoms with Crippen LogP contribution in [0, 0.1) is 0 Å². The Bertz CT molecular complexity index is 793. The molecule has 156 valence electrons. The Kier molecular flexibility index (Phi) is 9.20. The number of nitrogens with one attached hydrogen (secondary N) is 1. The fourth-order valence-corrected chi connectivity index (χ4v) is 3.07. The Morgan fingerprint density at radius 2 is 1.83 bits per heavy atom. The zero-order valence-electron chi connectivity index (χ0n) is 16.4. The highest BCUT2D eigenvalue weighted by molar-refractivity contribution is 14.0. The molecule has 29 heavy (non-hydrogen) atoms. The molecule has 1 atom stereocenters. The molecule has 0 bridgehead atoms. The number of guanidine groups is 1. The van der Waals surface area contributed by atoms with E-state index in [9.17, 15) is 4.79 Å². The van der Waals surface area contributed by atoms with Crippen LogP contribution in [0.25, 0.3) is 0 Å². The van der Waals surface area contributed by atoms with Crippen LogP contribution >= 0.6 is 24.0 Å². The molecule has 2 aromatic carbocycles. The molecule has 0 aromatic heterocycles. The largest absolute Gasteiger partial charge is 0.497 e. The van der Waals surface area contributed by atoms with Gasteiger partial charge in [-0.25, -0.2) is 0 Å². The van der Waals surface area contributed by atoms with Gasteiger partial charge in [0.2, 0.25) is 5.91 Å². The molecule has 8 heteroatoms. The van der Waals surface area contributed by atoms with E-state index >= 15 is 0 Å². The van der Waals surface area contributed by atoms with Crippen molar-refractivity contribution in [3.8, 4) is 5.75 Å². The van der Waals surface area contributed by atoms with E-state index in [1.165, 1.54) is 0 Å². The highest BCUT2D eigenvalue weighted by Crippen LogP contribution is 2.20. The van der Waals surface area contributed by atoms with Crippen LogP contribution in [0.2, 0.25) is 0 Å². The first-order valence-corrected chi connectivity index (χ1v) is 9.30. The molecular formula is C21H27IN4O3. The normalized spacial score (nSPS) is 15.2. The number of ether oxygens (including phenoxy) is 2. The van der Waals surface area contributed by atoms with Crippen molar-refractivity contribution in [1.29, 1.82) is 0 Å². The quantitative estimate of drug-likeness (QED) is 0.355. The fraction of sp³-hybridized carbons (Fsp3) is 0.333. The first-order valence-electron chi connectivity index (χ1n) is 9.30. The van der Waals surface area contributed by atoms with E-state index in [2.05, 4.69) is 10.3 Å². The average molecular weight is 510 g/mol. The number of morpholine rings is 1. The van der Waals surface area contributed by atoms with Crippen molar-refractivity contribution >= 4 is 41.5 Å². The Labute approximate surface area is 188 Å². The standard InChI is InChI=1S/C21H26N4O3.HI/c1-27-18-9-7-17(8-10-18)24-21(22)23-15-19(16-5-3-2-4-6-16)20(26)25-11-13-28-14-12-25;/h2-10,19H,11-15H2,1H3,(H3,22,23,24);1H. The molecule has 1 heterocycles. The van der Waals surface area contributed by atoms with E-state index in [-0.39, 0.29) is 48.3 Å². The molecule has 1 aliphatic rings. The van der Waals surface area contributed by atoms with Crippen molar-refractivity contribution in [3.05, 3.63) is 60.2 Å². The second-order valence-electron chi connectivity index (χ2n) is 6.48. The number of benzene rings is 2. The van der Waals surface area contributed by atoms with Crippen LogP contribution in [-0.2, 0) is 9.53 Å². The minimum atomic E-state index is -0.379. The number of hydrogen-bond acceptors (Lipinski definition) is 4. The summed E-state index contributed by atoms with van der Waals surface area (Å²) in [7, 11) is 1.62. The summed E-state index contributed by atoms with van der Waals surface area (Å²) in [4.78, 5) is 19.3. The van der Waals surface area contributed by atoms with E-state index in [1.54, 1.807) is 7.11 Å². The predicted octanol–water partition coefficient (Wildman–Crippen LogP) is 2.68. The van der Waals surface area contributed by atoms with Gasteiger partial charge < -0.3 is 25.4 Å². The van der Waals surface area contributed by atoms with Crippen molar-refractivity contribution in [3.63, 3.8) is 0 Å². The maximum absolute atomic E-state index is 13.1. The van der Waals surface area contributed by atoms with Gasteiger partial charge in [-0.1, -0.05) is 30.3 Å². The number of nitrogens with zero attached hydrogens (tertiary/aromatic N) is 2. The molecule has 3 N–H and O–H groups in total. The topological polar surface area (TPSA) is 89.2 Å². The summed E-state index contributed by atoms with van der Waals surface area (Å²) < 4.78 is 10.5. The molecule has 0 spiro atoms. The van der Waals surface area contributed by atoms with Gasteiger partial charge in [0.25, 0.3) is 0 Å². The number of amides is 1. The van der Waals surface area contributed by atoms with Crippen LogP contribution in [-0.4, -0.2) is 56.7 Å². The summed E-state index contributed by atoms with van der Waals surface area (Å²) in [5.41, 5.74) is 7.78. The van der Waals surface area contributed by atoms with Gasteiger partial charge in [-0.15, -0.1) is 24.0 Å². The van der Waals surface area contributed by atoms with Crippen molar-refractivity contribution in [2.75, 3.05) is 45.3 Å². The number of nitrogens with two attached hydrogens (primary N) is 1. The van der Waals surface area contributed by atoms with Gasteiger partial charge in [-0.3, -0.25) is 9.79 Å². The summed E-state index contributed by atoms with van der Waals surface area (Å²) in [6, 6.07) is 17.1. The van der Waals surface area contributed by atoms with E-state index in [1.807, 2.05) is 59.5 Å². The zero-order valence-corrected chi connectivity index (χ0v) is 18.7. The number of rotatable bonds is 6. The highest BCUT2D eigenvalue weighted by Gasteiger charge is 2.27. The van der Waals surface area contributed by atoms with Gasteiger partial charge >= 0.3 is 0 Å². The number of aliphatic imine (C=N–C) groups is 1. The SMILES string of the molecule is COc1ccc(NC(N)=NCC(C(=O)N2CCOCC2)c2ccccc2)cc1.I. The third kappa shape index (κ3) is 6.60. The van der Waals surface area contributed by atoms with Crippen molar-refractivity contribution in [2.45, 2.75) is 5.92 Å². The number of methoxy groups -OCH3 is 1. The second-order valence-corrected chi connectivity index (χ2v) is 6.48. The van der Waals surface area contributed by atoms with E-state index < -0.39 is 0 Å². The number of hydrogen-bond donors (Lipinski definition) is 2. The molecule has 7 nitrogen and oxygen atoms in total. The van der Waals surface area contributed by atoms with Gasteiger partial charge in [0, 0.05) is 18.8 Å². The third-order valence-corrected chi connectivity index (χ3v) is 4.63. The smallest absolute Gasteiger partial charge is 0.232 e. The summed E-state index contributed by atoms with van der Waals surface area (Å²) in [6.07, 6.45) is 0. The lowest BCUT2D eigenvalue weighted by molar-refractivity contribution is -0.136. The molecule has 1 fully saturated rings. The lowest BCUT2D eigenvalue weighted by atomic mass is 9.97. The number of carbonyl (C=O) groups is 1. The molecule has 0 aliphatic carbocycles. The summed E-state index contributed by atoms with van der Waals surface area (Å²) in [6.45, 7) is 2.61. The van der Waals surface area contributed by atoms with Crippen LogP contribution < -0.4 is 15.8 Å². The van der Waals surface area contributed by atoms with Crippen LogP contribution in [0.4, 0.5) is 5.69 Å². The molecule has 1 saturated heterocycles. The Morgan fingerprint density at radius 3 is 2.45 bits per heavy atom. The van der Waals surface area contributed by atoms with Crippen molar-refractivity contribution in [1.82, 2.24) is 4.90 Å². The van der Waals surface area contributed by atoms with Gasteiger partial charge in [0.15, 0.2) is 5.96 Å². The Hall–Kier alpha value is -2.33. The second kappa shape index (κ2) is 11.6. The summed E-state index contributed by atoms with van der Waals surface area (Å²) in [5.74, 6) is 0.702. The average Bonchev–Trinajstić information content (AvgIpc) is 2.75. The molecule has 1 aliphatic heterocycles. The molecule has 0 radical (unpaired) electrons. The van der Waals surface area contributed by atoms with Gasteiger partial charge in [0.05, 0.1) is 32.8 Å².